The monoisotopic (exact) mass is 778 g/mol. The van der Waals surface area contributed by atoms with Crippen molar-refractivity contribution >= 4 is 31.3 Å². The highest BCUT2D eigenvalue weighted by atomic mass is 31.1. The van der Waals surface area contributed by atoms with Crippen LogP contribution in [-0.2, 0) is 29.0 Å². The van der Waals surface area contributed by atoms with E-state index in [2.05, 4.69) is 20.3 Å². The van der Waals surface area contributed by atoms with Crippen molar-refractivity contribution in [3.8, 4) is 17.2 Å². The number of rotatable bonds is 15. The van der Waals surface area contributed by atoms with Gasteiger partial charge in [0.1, 0.15) is 17.1 Å². The minimum atomic E-state index is -2.69. The topological polar surface area (TPSA) is 165 Å². The average molecular weight is 779 g/mol. The zero-order chi connectivity index (χ0) is 39.2. The molecule has 14 nitrogen and oxygen atoms in total. The van der Waals surface area contributed by atoms with E-state index in [1.807, 2.05) is 84.9 Å². The van der Waals surface area contributed by atoms with Crippen LogP contribution in [0.1, 0.15) is 43.2 Å². The number of aromatic nitrogens is 4. The molecule has 288 valence electrons. The number of anilines is 1. The van der Waals surface area contributed by atoms with Gasteiger partial charge in [-0.25, -0.2) is 9.51 Å². The molecule has 1 aliphatic heterocycles. The van der Waals surface area contributed by atoms with Gasteiger partial charge in [-0.3, -0.25) is 24.5 Å². The minimum absolute atomic E-state index is 0.0154. The van der Waals surface area contributed by atoms with Gasteiger partial charge in [0.15, 0.2) is 29.2 Å². The van der Waals surface area contributed by atoms with Gasteiger partial charge in [-0.15, -0.1) is 4.52 Å². The molecular formula is C41H41N5O9P+. The van der Waals surface area contributed by atoms with Crippen LogP contribution in [0.15, 0.2) is 120 Å². The van der Waals surface area contributed by atoms with Crippen LogP contribution < -0.4 is 24.9 Å². The van der Waals surface area contributed by atoms with Crippen molar-refractivity contribution in [3.63, 3.8) is 0 Å². The molecule has 15 heteroatoms. The number of imidazole rings is 1. The Bertz CT molecular complexity index is 2290. The summed E-state index contributed by atoms with van der Waals surface area (Å²) in [6, 6.07) is 33.9. The molecule has 0 radical (unpaired) electrons. The van der Waals surface area contributed by atoms with Gasteiger partial charge in [0.05, 0.1) is 33.3 Å². The van der Waals surface area contributed by atoms with E-state index in [0.29, 0.717) is 17.2 Å². The number of aromatic amines is 1. The van der Waals surface area contributed by atoms with E-state index in [1.165, 1.54) is 10.9 Å². The fourth-order valence-electron chi connectivity index (χ4n) is 6.59. The summed E-state index contributed by atoms with van der Waals surface area (Å²) in [7, 11) is 0.539. The number of benzene rings is 4. The Balaban J connectivity index is 1.26. The van der Waals surface area contributed by atoms with Crippen LogP contribution in [0.4, 0.5) is 5.95 Å². The first-order chi connectivity index (χ1) is 27.2. The molecule has 1 amide bonds. The molecule has 1 saturated heterocycles. The summed E-state index contributed by atoms with van der Waals surface area (Å²) in [5, 5.41) is 2.64. The average Bonchev–Trinajstić information content (AvgIpc) is 3.83. The van der Waals surface area contributed by atoms with E-state index in [-0.39, 0.29) is 42.0 Å². The van der Waals surface area contributed by atoms with Gasteiger partial charge in [-0.2, -0.15) is 4.98 Å². The second-order valence-corrected chi connectivity index (χ2v) is 14.2. The Hall–Kier alpha value is -5.92. The quantitative estimate of drug-likeness (QED) is 0.0804. The fraction of sp³-hybridized carbons (Fsp3) is 0.268. The van der Waals surface area contributed by atoms with Crippen molar-refractivity contribution in [2.45, 2.75) is 44.3 Å². The standard InChI is InChI=1S/C41H40N5O9P/c1-26(2)37(47)44-40-43-36-35(38(48)45-40)42-25-46(36)39-34(55-56(49)54-32-13-9-6-10-14-32)23-33(53-39)24-52-41(27-11-7-5-8-12-27,28-15-19-30(50-3)20-16-28)29-17-21-31(51-4)22-18-29/h5-22,25-26,33-34,39H,23-24H2,1-4H3,(H-,43,44,45,47,48)/p+1/t33-,34-,39+/m0/s1. The van der Waals surface area contributed by atoms with Crippen LogP contribution in [-0.4, -0.2) is 58.5 Å². The lowest BCUT2D eigenvalue weighted by Gasteiger charge is -2.37. The molecule has 1 fully saturated rings. The molecule has 2 N–H and O–H groups in total. The molecule has 1 unspecified atom stereocenters. The molecule has 3 heterocycles. The molecule has 0 saturated carbocycles. The van der Waals surface area contributed by atoms with E-state index in [1.54, 1.807) is 52.3 Å². The molecule has 56 heavy (non-hydrogen) atoms. The predicted octanol–water partition coefficient (Wildman–Crippen LogP) is 7.15. The van der Waals surface area contributed by atoms with Gasteiger partial charge in [-0.1, -0.05) is 86.6 Å². The Morgan fingerprint density at radius 3 is 2.07 bits per heavy atom. The van der Waals surface area contributed by atoms with E-state index in [0.717, 1.165) is 16.7 Å². The molecule has 0 bridgehead atoms. The van der Waals surface area contributed by atoms with Crippen LogP contribution in [0.25, 0.3) is 11.2 Å². The van der Waals surface area contributed by atoms with E-state index in [9.17, 15) is 14.2 Å². The van der Waals surface area contributed by atoms with Gasteiger partial charge in [0, 0.05) is 16.9 Å². The summed E-state index contributed by atoms with van der Waals surface area (Å²) in [6.07, 6.45) is -0.887. The van der Waals surface area contributed by atoms with E-state index < -0.39 is 37.9 Å². The van der Waals surface area contributed by atoms with Gasteiger partial charge < -0.3 is 18.9 Å². The molecule has 4 aromatic carbocycles. The van der Waals surface area contributed by atoms with Crippen LogP contribution in [0.5, 0.6) is 17.2 Å². The Morgan fingerprint density at radius 2 is 1.48 bits per heavy atom. The third-order valence-electron chi connectivity index (χ3n) is 9.42. The van der Waals surface area contributed by atoms with Gasteiger partial charge in [0.25, 0.3) is 5.56 Å². The zero-order valence-electron chi connectivity index (χ0n) is 31.2. The molecule has 6 aromatic rings. The lowest BCUT2D eigenvalue weighted by atomic mass is 9.80. The molecule has 0 aliphatic carbocycles. The van der Waals surface area contributed by atoms with Crippen LogP contribution in [0.3, 0.4) is 0 Å². The number of nitrogens with zero attached hydrogens (tertiary/aromatic N) is 3. The van der Waals surface area contributed by atoms with Crippen molar-refractivity contribution in [1.29, 1.82) is 0 Å². The first-order valence-corrected chi connectivity index (χ1v) is 19.1. The summed E-state index contributed by atoms with van der Waals surface area (Å²) in [4.78, 5) is 37.0. The Morgan fingerprint density at radius 1 is 0.893 bits per heavy atom. The highest BCUT2D eigenvalue weighted by Gasteiger charge is 2.47. The minimum Gasteiger partial charge on any atom is -0.497 e. The third-order valence-corrected chi connectivity index (χ3v) is 10.2. The van der Waals surface area contributed by atoms with Crippen LogP contribution >= 0.6 is 8.25 Å². The lowest BCUT2D eigenvalue weighted by Crippen LogP contribution is -2.35. The fourth-order valence-corrected chi connectivity index (χ4v) is 7.34. The molecule has 1 aliphatic rings. The van der Waals surface area contributed by atoms with Crippen molar-refractivity contribution in [3.05, 3.63) is 143 Å². The van der Waals surface area contributed by atoms with E-state index in [4.69, 9.17) is 28.0 Å². The second kappa shape index (κ2) is 16.8. The number of carbonyl (C=O) groups is 1. The smallest absolute Gasteiger partial charge is 0.497 e. The van der Waals surface area contributed by atoms with E-state index >= 15 is 0 Å². The third kappa shape index (κ3) is 8.05. The van der Waals surface area contributed by atoms with Crippen LogP contribution in [0.2, 0.25) is 0 Å². The number of methoxy groups -OCH3 is 2. The predicted molar refractivity (Wildman–Crippen MR) is 208 cm³/mol. The maximum Gasteiger partial charge on any atom is 0.750 e. The van der Waals surface area contributed by atoms with Crippen molar-refractivity contribution in [2.24, 2.45) is 5.92 Å². The van der Waals surface area contributed by atoms with Crippen molar-refractivity contribution < 1.29 is 37.4 Å². The summed E-state index contributed by atoms with van der Waals surface area (Å²) in [5.41, 5.74) is 0.959. The number of carbonyl (C=O) groups excluding carboxylic acids is 1. The number of hydrogen-bond acceptors (Lipinski definition) is 11. The number of para-hydroxylation sites is 1. The number of amides is 1. The maximum atomic E-state index is 13.4. The summed E-state index contributed by atoms with van der Waals surface area (Å²) >= 11 is 0. The molecule has 7 rings (SSSR count). The van der Waals surface area contributed by atoms with Gasteiger partial charge >= 0.3 is 8.25 Å². The number of ether oxygens (including phenoxy) is 4. The number of H-pyrrole nitrogens is 1. The number of fused-ring (bicyclic) bond motifs is 1. The first kappa shape index (κ1) is 38.4. The molecular weight excluding hydrogens is 737 g/mol. The lowest BCUT2D eigenvalue weighted by molar-refractivity contribution is -0.118. The van der Waals surface area contributed by atoms with Crippen molar-refractivity contribution in [2.75, 3.05) is 26.1 Å². The Kier molecular flexibility index (Phi) is 11.5. The maximum absolute atomic E-state index is 13.4. The molecule has 2 aromatic heterocycles. The van der Waals surface area contributed by atoms with Gasteiger partial charge in [0.2, 0.25) is 11.9 Å². The van der Waals surface area contributed by atoms with Gasteiger partial charge in [-0.05, 0) is 53.1 Å². The number of nitrogens with one attached hydrogen (secondary N) is 2. The molecule has 0 spiro atoms. The van der Waals surface area contributed by atoms with Crippen LogP contribution in [0, 0.1) is 5.92 Å². The normalized spacial score (nSPS) is 17.2. The largest absolute Gasteiger partial charge is 0.750 e. The number of hydrogen-bond donors (Lipinski definition) is 2. The van der Waals surface area contributed by atoms with Crippen molar-refractivity contribution in [1.82, 2.24) is 19.5 Å². The second-order valence-electron chi connectivity index (χ2n) is 13.4. The highest BCUT2D eigenvalue weighted by molar-refractivity contribution is 7.33. The zero-order valence-corrected chi connectivity index (χ0v) is 32.1. The first-order valence-electron chi connectivity index (χ1n) is 18.0. The summed E-state index contributed by atoms with van der Waals surface area (Å²) < 4.78 is 51.4. The molecule has 4 atom stereocenters. The SMILES string of the molecule is COc1ccc(C(OC[C@@H]2C[C@H](O[P+](=O)Oc3ccccc3)[C@H](n3cnc4c(=O)[nH]c(NC(=O)C(C)C)nc43)O2)(c2ccccc2)c2ccc(OC)cc2)cc1. The summed E-state index contributed by atoms with van der Waals surface area (Å²) in [6.45, 7) is 3.48. The summed E-state index contributed by atoms with van der Waals surface area (Å²) in [5.74, 6) is 0.986. The Labute approximate surface area is 323 Å². The highest BCUT2D eigenvalue weighted by Crippen LogP contribution is 2.44.